The Bertz CT molecular complexity index is 660. The minimum Gasteiger partial charge on any atom is -0.366 e. The van der Waals surface area contributed by atoms with Crippen molar-refractivity contribution < 1.29 is 19.3 Å². The van der Waals surface area contributed by atoms with E-state index in [1.54, 1.807) is 12.1 Å². The van der Waals surface area contributed by atoms with E-state index in [4.69, 9.17) is 9.57 Å². The van der Waals surface area contributed by atoms with E-state index >= 15 is 0 Å². The summed E-state index contributed by atoms with van der Waals surface area (Å²) < 4.78 is 5.38. The van der Waals surface area contributed by atoms with Gasteiger partial charge in [0.1, 0.15) is 5.69 Å². The summed E-state index contributed by atoms with van der Waals surface area (Å²) in [4.78, 5) is 30.6. The van der Waals surface area contributed by atoms with Gasteiger partial charge >= 0.3 is 0 Å². The number of piperidine rings is 1. The van der Waals surface area contributed by atoms with Gasteiger partial charge in [-0.25, -0.2) is 10.3 Å². The largest absolute Gasteiger partial charge is 0.366 e. The van der Waals surface area contributed by atoms with Crippen molar-refractivity contribution in [3.63, 3.8) is 0 Å². The Morgan fingerprint density at radius 3 is 2.88 bits per heavy atom. The number of rotatable bonds is 5. The van der Waals surface area contributed by atoms with Gasteiger partial charge in [0.15, 0.2) is 6.29 Å². The van der Waals surface area contributed by atoms with Crippen molar-refractivity contribution in [3.05, 3.63) is 33.9 Å². The molecule has 1 N–H and O–H groups in total. The minimum atomic E-state index is -0.513. The molecule has 0 radical (unpaired) electrons. The molecule has 0 aromatic heterocycles. The first-order chi connectivity index (χ1) is 12.5. The standard InChI is InChI=1S/C18H25N3O5/c1-13-5-4-9-20(12-13)15-8-7-14(11-16(15)21(23)24)18(22)19-26-17-6-2-3-10-25-17/h7-8,11,13,17H,2-6,9-10,12H2,1H3,(H,19,22). The zero-order chi connectivity index (χ0) is 18.5. The molecule has 1 amide bonds. The highest BCUT2D eigenvalue weighted by Gasteiger charge is 2.25. The smallest absolute Gasteiger partial charge is 0.293 e. The van der Waals surface area contributed by atoms with Crippen LogP contribution in [0.1, 0.15) is 49.4 Å². The monoisotopic (exact) mass is 363 g/mol. The van der Waals surface area contributed by atoms with Crippen molar-refractivity contribution in [1.82, 2.24) is 5.48 Å². The van der Waals surface area contributed by atoms with Crippen LogP contribution >= 0.6 is 0 Å². The Balaban J connectivity index is 1.70. The highest BCUT2D eigenvalue weighted by Crippen LogP contribution is 2.32. The Morgan fingerprint density at radius 1 is 1.35 bits per heavy atom. The van der Waals surface area contributed by atoms with Crippen LogP contribution in [0.15, 0.2) is 18.2 Å². The van der Waals surface area contributed by atoms with Gasteiger partial charge in [-0.2, -0.15) is 0 Å². The molecule has 1 aromatic carbocycles. The first kappa shape index (κ1) is 18.6. The molecule has 2 fully saturated rings. The van der Waals surface area contributed by atoms with E-state index < -0.39 is 17.1 Å². The van der Waals surface area contributed by atoms with E-state index in [0.29, 0.717) is 24.6 Å². The van der Waals surface area contributed by atoms with Crippen molar-refractivity contribution in [2.75, 3.05) is 24.6 Å². The third-order valence-electron chi connectivity index (χ3n) is 4.85. The summed E-state index contributed by atoms with van der Waals surface area (Å²) in [7, 11) is 0. The molecule has 1 aromatic rings. The van der Waals surface area contributed by atoms with Crippen LogP contribution in [0.3, 0.4) is 0 Å². The maximum Gasteiger partial charge on any atom is 0.293 e. The summed E-state index contributed by atoms with van der Waals surface area (Å²) >= 11 is 0. The van der Waals surface area contributed by atoms with Gasteiger partial charge in [0, 0.05) is 37.7 Å². The van der Waals surface area contributed by atoms with Gasteiger partial charge < -0.3 is 9.64 Å². The van der Waals surface area contributed by atoms with Crippen LogP contribution in [-0.2, 0) is 9.57 Å². The summed E-state index contributed by atoms with van der Waals surface area (Å²) in [5.41, 5.74) is 3.05. The molecule has 2 unspecified atom stereocenters. The van der Waals surface area contributed by atoms with Crippen LogP contribution in [0, 0.1) is 16.0 Å². The van der Waals surface area contributed by atoms with Crippen molar-refractivity contribution >= 4 is 17.3 Å². The number of hydrogen-bond donors (Lipinski definition) is 1. The molecule has 2 heterocycles. The van der Waals surface area contributed by atoms with E-state index in [2.05, 4.69) is 12.4 Å². The second kappa shape index (κ2) is 8.46. The first-order valence-electron chi connectivity index (χ1n) is 9.15. The van der Waals surface area contributed by atoms with E-state index in [0.717, 1.165) is 38.8 Å². The molecule has 0 aliphatic carbocycles. The van der Waals surface area contributed by atoms with Crippen LogP contribution in [0.4, 0.5) is 11.4 Å². The molecular weight excluding hydrogens is 338 g/mol. The predicted octanol–water partition coefficient (Wildman–Crippen LogP) is 3.02. The number of carbonyl (C=O) groups excluding carboxylic acids is 1. The average Bonchev–Trinajstić information content (AvgIpc) is 2.66. The van der Waals surface area contributed by atoms with Gasteiger partial charge in [-0.3, -0.25) is 14.9 Å². The Morgan fingerprint density at radius 2 is 2.19 bits per heavy atom. The lowest BCUT2D eigenvalue weighted by Crippen LogP contribution is -2.35. The molecule has 2 aliphatic rings. The topological polar surface area (TPSA) is 93.9 Å². The van der Waals surface area contributed by atoms with E-state index in [9.17, 15) is 14.9 Å². The molecular formula is C18H25N3O5. The molecule has 0 spiro atoms. The number of nitro groups is 1. The molecule has 2 aliphatic heterocycles. The third kappa shape index (κ3) is 4.50. The number of nitrogens with one attached hydrogen (secondary N) is 1. The number of nitrogens with zero attached hydrogens (tertiary/aromatic N) is 2. The third-order valence-corrected chi connectivity index (χ3v) is 4.85. The fourth-order valence-electron chi connectivity index (χ4n) is 3.47. The summed E-state index contributed by atoms with van der Waals surface area (Å²) in [6.45, 7) is 4.33. The van der Waals surface area contributed by atoms with Gasteiger partial charge in [0.2, 0.25) is 0 Å². The summed E-state index contributed by atoms with van der Waals surface area (Å²) in [5.74, 6) is -0.0175. The molecule has 3 rings (SSSR count). The second-order valence-corrected chi connectivity index (χ2v) is 7.00. The quantitative estimate of drug-likeness (QED) is 0.638. The molecule has 8 nitrogen and oxygen atoms in total. The first-order valence-corrected chi connectivity index (χ1v) is 9.15. The zero-order valence-corrected chi connectivity index (χ0v) is 15.0. The van der Waals surface area contributed by atoms with E-state index in [1.807, 2.05) is 4.90 Å². The van der Waals surface area contributed by atoms with Gasteiger partial charge in [-0.15, -0.1) is 0 Å². The maximum atomic E-state index is 12.3. The average molecular weight is 363 g/mol. The SMILES string of the molecule is CC1CCCN(c2ccc(C(=O)NOC3CCCCO3)cc2[N+](=O)[O-])C1. The van der Waals surface area contributed by atoms with Crippen molar-refractivity contribution in [2.24, 2.45) is 5.92 Å². The lowest BCUT2D eigenvalue weighted by Gasteiger charge is -2.32. The van der Waals surface area contributed by atoms with Crippen molar-refractivity contribution in [2.45, 2.75) is 45.3 Å². The van der Waals surface area contributed by atoms with Gasteiger partial charge in [-0.1, -0.05) is 6.92 Å². The van der Waals surface area contributed by atoms with E-state index in [1.165, 1.54) is 6.07 Å². The summed E-state index contributed by atoms with van der Waals surface area (Å²) in [6.07, 6.45) is 4.36. The van der Waals surface area contributed by atoms with Gasteiger partial charge in [-0.05, 0) is 43.7 Å². The fourth-order valence-corrected chi connectivity index (χ4v) is 3.47. The Hall–Kier alpha value is -2.19. The molecule has 8 heteroatoms. The van der Waals surface area contributed by atoms with Crippen LogP contribution in [0.5, 0.6) is 0 Å². The molecule has 0 bridgehead atoms. The maximum absolute atomic E-state index is 12.3. The van der Waals surface area contributed by atoms with Crippen molar-refractivity contribution in [1.29, 1.82) is 0 Å². The van der Waals surface area contributed by atoms with Crippen LogP contribution < -0.4 is 10.4 Å². The Labute approximate surface area is 152 Å². The van der Waals surface area contributed by atoms with Crippen LogP contribution in [0.25, 0.3) is 0 Å². The lowest BCUT2D eigenvalue weighted by molar-refractivity contribution is -0.384. The van der Waals surface area contributed by atoms with Gasteiger partial charge in [0.25, 0.3) is 11.6 Å². The lowest BCUT2D eigenvalue weighted by atomic mass is 9.99. The molecule has 2 saturated heterocycles. The van der Waals surface area contributed by atoms with Gasteiger partial charge in [0.05, 0.1) is 4.92 Å². The Kier molecular flexibility index (Phi) is 6.05. The highest BCUT2D eigenvalue weighted by atomic mass is 16.8. The summed E-state index contributed by atoms with van der Waals surface area (Å²) in [5, 5.41) is 11.5. The second-order valence-electron chi connectivity index (χ2n) is 7.00. The van der Waals surface area contributed by atoms with Crippen molar-refractivity contribution in [3.8, 4) is 0 Å². The number of hydrogen-bond acceptors (Lipinski definition) is 6. The molecule has 0 saturated carbocycles. The summed E-state index contributed by atoms with van der Waals surface area (Å²) in [6, 6.07) is 4.57. The number of nitro benzene ring substituents is 1. The number of ether oxygens (including phenoxy) is 1. The van der Waals surface area contributed by atoms with E-state index in [-0.39, 0.29) is 11.3 Å². The fraction of sp³-hybridized carbons (Fsp3) is 0.611. The molecule has 142 valence electrons. The zero-order valence-electron chi connectivity index (χ0n) is 15.0. The number of benzene rings is 1. The number of carbonyl (C=O) groups is 1. The molecule has 2 atom stereocenters. The molecule has 26 heavy (non-hydrogen) atoms. The van der Waals surface area contributed by atoms with Crippen LogP contribution in [0.2, 0.25) is 0 Å². The minimum absolute atomic E-state index is 0.0549. The van der Waals surface area contributed by atoms with Crippen LogP contribution in [-0.4, -0.2) is 36.8 Å². The predicted molar refractivity (Wildman–Crippen MR) is 95.8 cm³/mol. The highest BCUT2D eigenvalue weighted by molar-refractivity contribution is 5.95. The number of amides is 1. The number of hydroxylamine groups is 1. The normalized spacial score (nSPS) is 23.5. The number of anilines is 1.